The number of fused-ring (bicyclic) bond motifs is 8. The highest BCUT2D eigenvalue weighted by molar-refractivity contribution is 6.08. The molecule has 0 atom stereocenters. The second-order valence-electron chi connectivity index (χ2n) is 35.5. The molecule has 13 heteroatoms. The Morgan fingerprint density at radius 1 is 0.358 bits per heavy atom. The number of aromatic hydroxyl groups is 1. The van der Waals surface area contributed by atoms with Crippen molar-refractivity contribution in [1.82, 2.24) is 50.2 Å². The molecule has 0 saturated carbocycles. The molecule has 11 aromatic rings. The molecule has 2 aliphatic rings. The quantitative estimate of drug-likeness (QED) is 0.0968. The predicted octanol–water partition coefficient (Wildman–Crippen LogP) is 22.1. The summed E-state index contributed by atoms with van der Waals surface area (Å²) in [5.41, 5.74) is 18.9. The number of phenolic OH excluding ortho intramolecular Hbond substituents is 1. The van der Waals surface area contributed by atoms with E-state index in [4.69, 9.17) is 34.9 Å². The van der Waals surface area contributed by atoms with Gasteiger partial charge < -0.3 is 20.4 Å². The van der Waals surface area contributed by atoms with Gasteiger partial charge in [0.05, 0.1) is 0 Å². The Morgan fingerprint density at radius 3 is 0.981 bits per heavy atom. The van der Waals surface area contributed by atoms with Crippen molar-refractivity contribution in [3.8, 4) is 50.3 Å². The van der Waals surface area contributed by atoms with E-state index in [1.165, 1.54) is 11.1 Å². The first kappa shape index (κ1) is 73.3. The van der Waals surface area contributed by atoms with Crippen molar-refractivity contribution in [3.63, 3.8) is 0 Å². The maximum Gasteiger partial charge on any atom is 0.274 e. The Balaban J connectivity index is 1.28. The Hall–Kier alpha value is -11.1. The molecule has 538 valence electrons. The number of phenols is 1. The smallest absolute Gasteiger partial charge is 0.274 e. The lowest BCUT2D eigenvalue weighted by Crippen LogP contribution is -2.23. The van der Waals surface area contributed by atoms with Crippen molar-refractivity contribution in [3.05, 3.63) is 273 Å². The van der Waals surface area contributed by atoms with Crippen LogP contribution in [0.25, 0.3) is 89.6 Å². The lowest BCUT2D eigenvalue weighted by Gasteiger charge is -2.20. The van der Waals surface area contributed by atoms with Crippen LogP contribution in [0.15, 0.2) is 193 Å². The number of rotatable bonds is 10. The second kappa shape index (κ2) is 27.1. The number of nitrogens with one attached hydrogen (secondary N) is 3. The van der Waals surface area contributed by atoms with Gasteiger partial charge in [-0.2, -0.15) is 0 Å². The van der Waals surface area contributed by atoms with Gasteiger partial charge in [-0.15, -0.1) is 0 Å². The number of hydrogen-bond donors (Lipinski definition) is 4. The molecule has 0 unspecified atom stereocenters. The largest absolute Gasteiger partial charge is 0.507 e. The van der Waals surface area contributed by atoms with Crippen LogP contribution in [0.1, 0.15) is 235 Å². The van der Waals surface area contributed by atoms with Crippen LogP contribution in [0.3, 0.4) is 0 Å². The molecule has 0 saturated heterocycles. The fraction of sp³-hybridized carbons (Fsp3) is 0.301. The van der Waals surface area contributed by atoms with Gasteiger partial charge in [0.25, 0.3) is 5.91 Å². The van der Waals surface area contributed by atoms with E-state index in [0.717, 1.165) is 89.0 Å². The lowest BCUT2D eigenvalue weighted by molar-refractivity contribution is 0.0968. The molecule has 1 amide bonds. The van der Waals surface area contributed by atoms with Gasteiger partial charge >= 0.3 is 0 Å². The molecular weight excluding hydrogens is 1300 g/mol. The minimum absolute atomic E-state index is 0.00886. The fourth-order valence-corrected chi connectivity index (χ4v) is 13.6. The Kier molecular flexibility index (Phi) is 18.8. The summed E-state index contributed by atoms with van der Waals surface area (Å²) in [5, 5.41) is 15.0. The summed E-state index contributed by atoms with van der Waals surface area (Å²) in [6.45, 7) is 46.3. The zero-order chi connectivity index (χ0) is 76.0. The van der Waals surface area contributed by atoms with Crippen molar-refractivity contribution in [2.75, 3.05) is 0 Å². The molecule has 8 bridgehead atoms. The summed E-state index contributed by atoms with van der Waals surface area (Å²) >= 11 is 0. The van der Waals surface area contributed by atoms with Crippen LogP contribution in [0.5, 0.6) is 5.75 Å². The number of carbonyl (C=O) groups is 1. The van der Waals surface area contributed by atoms with E-state index in [9.17, 15) is 5.11 Å². The van der Waals surface area contributed by atoms with Crippen LogP contribution in [-0.4, -0.2) is 62.1 Å². The van der Waals surface area contributed by atoms with E-state index in [1.54, 1.807) is 36.7 Å². The molecule has 0 radical (unpaired) electrons. The third-order valence-corrected chi connectivity index (χ3v) is 20.2. The minimum atomic E-state index is -0.540. The van der Waals surface area contributed by atoms with E-state index in [-0.39, 0.29) is 72.4 Å². The van der Waals surface area contributed by atoms with E-state index in [1.807, 2.05) is 12.1 Å². The minimum Gasteiger partial charge on any atom is -0.507 e. The molecule has 13 rings (SSSR count). The van der Waals surface area contributed by atoms with Crippen molar-refractivity contribution in [2.24, 2.45) is 4.99 Å². The molecule has 7 aromatic carbocycles. The number of carbonyl (C=O) groups excluding carboxylic acids is 1. The summed E-state index contributed by atoms with van der Waals surface area (Å²) in [6.07, 6.45) is 3.18. The van der Waals surface area contributed by atoms with Gasteiger partial charge in [-0.05, 0) is 134 Å². The summed E-state index contributed by atoms with van der Waals surface area (Å²) in [4.78, 5) is 67.3. The van der Waals surface area contributed by atoms with Crippen LogP contribution < -0.4 is 5.32 Å². The SMILES string of the molecule is CC(C)(C)c1ccc(C2=C(c3ccc(C(C)(C)C)cc3)c3nc2nc2[nH]c(nc4nc(nc5[nH]c(n3)c(-c3ccc(C(C)(C)C)cc3)c5-c3ccc(C(C)(C)C)cc3)C(NC(=O)c3ccccn3)=C4N=Cc3cc(C(C)(C)C)ccc3O)c(-c3ccc(C(C)(C)C)cc3)c2-c2ccc(C(C)(C)C)cc2)cc1. The number of amides is 1. The highest BCUT2D eigenvalue weighted by Gasteiger charge is 2.33. The number of pyridine rings is 1. The van der Waals surface area contributed by atoms with Gasteiger partial charge in [0, 0.05) is 51.4 Å². The fourth-order valence-electron chi connectivity index (χ4n) is 13.6. The Labute approximate surface area is 625 Å². The average molecular weight is 1400 g/mol. The highest BCUT2D eigenvalue weighted by atomic mass is 16.3. The average Bonchev–Trinajstić information content (AvgIpc) is 1.58. The number of H-pyrrole nitrogens is 2. The zero-order valence-electron chi connectivity index (χ0n) is 65.4. The summed E-state index contributed by atoms with van der Waals surface area (Å²) in [5.74, 6) is 0.471. The zero-order valence-corrected chi connectivity index (χ0v) is 65.4. The molecule has 0 fully saturated rings. The van der Waals surface area contributed by atoms with Crippen LogP contribution in [0.4, 0.5) is 0 Å². The molecule has 13 nitrogen and oxygen atoms in total. The van der Waals surface area contributed by atoms with Gasteiger partial charge in [0.15, 0.2) is 23.3 Å². The van der Waals surface area contributed by atoms with Gasteiger partial charge in [-0.25, -0.2) is 34.9 Å². The maximum atomic E-state index is 15.2. The topological polar surface area (TPSA) is 184 Å². The van der Waals surface area contributed by atoms with E-state index in [2.05, 4.69) is 311 Å². The van der Waals surface area contributed by atoms with Gasteiger partial charge in [-0.1, -0.05) is 303 Å². The van der Waals surface area contributed by atoms with E-state index < -0.39 is 5.91 Å². The summed E-state index contributed by atoms with van der Waals surface area (Å²) < 4.78 is 0. The van der Waals surface area contributed by atoms with E-state index in [0.29, 0.717) is 45.4 Å². The standard InChI is InChI=1S/C93H99N11O2/c1-87(2,3)61-37-25-54(26-38-61)70-71(55-27-39-62(40-28-55)88(4,5)6)79-97-78(70)98-80-72(56-29-41-63(42-30-56)89(7,8)9)74(58-33-45-65(46-34-58)91(13,14)15)82(100-80)102-84-76(95-53-60-52-67(93(19,20)21)49-50-69(60)105)77(96-86(106)68-24-22-23-51-94-68)85(104-84)103-83-75(59-35-47-66(48-36-59)92(16,17)18)73(81(99-79)101-83)57-31-43-64(44-32-57)90(10,11)12/h22-53,105H,1-21H3,(H,96,106)(H2,97,98,99,100,101,102,103,104). The molecule has 0 spiro atoms. The van der Waals surface area contributed by atoms with Gasteiger partial charge in [-0.3, -0.25) is 9.78 Å². The number of aliphatic imine (C=N–C) groups is 1. The first-order chi connectivity index (χ1) is 49.8. The number of hydrogen-bond acceptors (Lipinski definition) is 10. The number of aromatic nitrogens is 9. The normalized spacial score (nSPS) is 13.5. The second-order valence-corrected chi connectivity index (χ2v) is 35.5. The number of aromatic amines is 2. The summed E-state index contributed by atoms with van der Waals surface area (Å²) in [6, 6.07) is 63.0. The number of benzene rings is 7. The molecule has 106 heavy (non-hydrogen) atoms. The van der Waals surface area contributed by atoms with Crippen molar-refractivity contribution >= 4 is 57.3 Å². The third-order valence-electron chi connectivity index (χ3n) is 20.2. The first-order valence-corrected chi connectivity index (χ1v) is 36.8. The molecule has 2 aliphatic heterocycles. The predicted molar refractivity (Wildman–Crippen MR) is 437 cm³/mol. The molecule has 4 aromatic heterocycles. The van der Waals surface area contributed by atoms with Crippen LogP contribution in [-0.2, 0) is 37.9 Å². The molecule has 0 aliphatic carbocycles. The molecular formula is C93H99N11O2. The monoisotopic (exact) mass is 1400 g/mol. The lowest BCUT2D eigenvalue weighted by atomic mass is 9.84. The first-order valence-electron chi connectivity index (χ1n) is 36.8. The Bertz CT molecular complexity index is 5470. The van der Waals surface area contributed by atoms with Gasteiger partial charge in [0.1, 0.15) is 45.4 Å². The maximum absolute atomic E-state index is 15.2. The van der Waals surface area contributed by atoms with Gasteiger partial charge in [0.2, 0.25) is 0 Å². The van der Waals surface area contributed by atoms with Crippen LogP contribution in [0.2, 0.25) is 0 Å². The van der Waals surface area contributed by atoms with Crippen molar-refractivity contribution in [1.29, 1.82) is 0 Å². The van der Waals surface area contributed by atoms with E-state index >= 15 is 4.79 Å². The third kappa shape index (κ3) is 15.0. The van der Waals surface area contributed by atoms with Crippen LogP contribution in [0, 0.1) is 0 Å². The van der Waals surface area contributed by atoms with Crippen LogP contribution >= 0.6 is 0 Å². The molecule has 6 heterocycles. The highest BCUT2D eigenvalue weighted by Crippen LogP contribution is 2.46. The number of nitrogens with zero attached hydrogens (tertiary/aromatic N) is 8. The molecule has 4 N–H and O–H groups in total. The summed E-state index contributed by atoms with van der Waals surface area (Å²) in [7, 11) is 0. The Morgan fingerprint density at radius 2 is 0.660 bits per heavy atom. The van der Waals surface area contributed by atoms with Crippen molar-refractivity contribution in [2.45, 2.75) is 183 Å². The van der Waals surface area contributed by atoms with Crippen molar-refractivity contribution < 1.29 is 9.90 Å².